The molecule has 2 fully saturated rings. The Morgan fingerprint density at radius 3 is 2.82 bits per heavy atom. The lowest BCUT2D eigenvalue weighted by Crippen LogP contribution is -2.47. The maximum Gasteiger partial charge on any atom is 0.315 e. The van der Waals surface area contributed by atoms with Crippen LogP contribution < -0.4 is 21.3 Å². The van der Waals surface area contributed by atoms with Crippen LogP contribution in [0.2, 0.25) is 0 Å². The molecular weight excluding hydrogens is 216 g/mol. The molecule has 2 aliphatic heterocycles. The fraction of sp³-hybridized carbons (Fsp3) is 0.917. The Labute approximate surface area is 103 Å². The second-order valence-corrected chi connectivity index (χ2v) is 5.11. The molecule has 2 amide bonds. The first-order valence-electron chi connectivity index (χ1n) is 6.80. The van der Waals surface area contributed by atoms with Crippen LogP contribution in [0, 0.1) is 5.92 Å². The number of hydrogen-bond donors (Lipinski definition) is 4. The molecule has 5 nitrogen and oxygen atoms in total. The van der Waals surface area contributed by atoms with Gasteiger partial charge < -0.3 is 21.3 Å². The minimum atomic E-state index is -0.00870. The Morgan fingerprint density at radius 2 is 2.00 bits per heavy atom. The molecule has 4 N–H and O–H groups in total. The van der Waals surface area contributed by atoms with Gasteiger partial charge in [-0.25, -0.2) is 4.79 Å². The first-order chi connectivity index (χ1) is 8.34. The fourth-order valence-corrected chi connectivity index (χ4v) is 2.50. The van der Waals surface area contributed by atoms with Crippen LogP contribution in [-0.4, -0.2) is 44.8 Å². The first kappa shape index (κ1) is 12.6. The number of nitrogens with one attached hydrogen (secondary N) is 4. The van der Waals surface area contributed by atoms with Crippen LogP contribution in [-0.2, 0) is 0 Å². The third kappa shape index (κ3) is 4.52. The van der Waals surface area contributed by atoms with Crippen LogP contribution >= 0.6 is 0 Å². The monoisotopic (exact) mass is 240 g/mol. The van der Waals surface area contributed by atoms with Crippen LogP contribution in [0.25, 0.3) is 0 Å². The molecule has 2 saturated heterocycles. The van der Waals surface area contributed by atoms with E-state index < -0.39 is 0 Å². The van der Waals surface area contributed by atoms with E-state index in [-0.39, 0.29) is 6.03 Å². The normalized spacial score (nSPS) is 29.6. The maximum atomic E-state index is 11.7. The highest BCUT2D eigenvalue weighted by molar-refractivity contribution is 5.74. The molecule has 2 aliphatic rings. The van der Waals surface area contributed by atoms with Crippen LogP contribution in [0.1, 0.15) is 25.7 Å². The summed E-state index contributed by atoms with van der Waals surface area (Å²) in [6, 6.07) is 0.282. The lowest BCUT2D eigenvalue weighted by molar-refractivity contribution is 0.234. The fourth-order valence-electron chi connectivity index (χ4n) is 2.50. The summed E-state index contributed by atoms with van der Waals surface area (Å²) in [7, 11) is 0. The molecule has 2 rings (SSSR count). The number of hydrogen-bond acceptors (Lipinski definition) is 3. The van der Waals surface area contributed by atoms with E-state index in [0.29, 0.717) is 12.0 Å². The van der Waals surface area contributed by atoms with E-state index in [2.05, 4.69) is 21.3 Å². The summed E-state index contributed by atoms with van der Waals surface area (Å²) in [6.45, 7) is 4.89. The summed E-state index contributed by atoms with van der Waals surface area (Å²) in [5.74, 6) is 0.605. The molecular formula is C12H24N4O. The van der Waals surface area contributed by atoms with Gasteiger partial charge in [-0.2, -0.15) is 0 Å². The van der Waals surface area contributed by atoms with Gasteiger partial charge in [-0.1, -0.05) is 6.42 Å². The molecule has 0 spiro atoms. The average molecular weight is 240 g/mol. The Morgan fingerprint density at radius 1 is 1.12 bits per heavy atom. The third-order valence-corrected chi connectivity index (χ3v) is 3.60. The molecule has 2 atom stereocenters. The number of rotatable bonds is 3. The SMILES string of the molecule is O=C(NCC1CCNC1)NC1CCCCNC1. The van der Waals surface area contributed by atoms with Crippen molar-refractivity contribution in [1.82, 2.24) is 21.3 Å². The molecule has 0 aromatic rings. The quantitative estimate of drug-likeness (QED) is 0.563. The van der Waals surface area contributed by atoms with Gasteiger partial charge in [-0.15, -0.1) is 0 Å². The van der Waals surface area contributed by atoms with Crippen molar-refractivity contribution in [3.05, 3.63) is 0 Å². The molecule has 0 bridgehead atoms. The summed E-state index contributed by atoms with van der Waals surface area (Å²) in [6.07, 6.45) is 4.68. The van der Waals surface area contributed by atoms with Crippen LogP contribution in [0.15, 0.2) is 0 Å². The van der Waals surface area contributed by atoms with E-state index in [1.807, 2.05) is 0 Å². The van der Waals surface area contributed by atoms with E-state index in [9.17, 15) is 4.79 Å². The highest BCUT2D eigenvalue weighted by atomic mass is 16.2. The van der Waals surface area contributed by atoms with E-state index in [0.717, 1.165) is 39.1 Å². The van der Waals surface area contributed by atoms with Crippen molar-refractivity contribution < 1.29 is 4.79 Å². The van der Waals surface area contributed by atoms with E-state index in [4.69, 9.17) is 0 Å². The van der Waals surface area contributed by atoms with Crippen molar-refractivity contribution in [2.24, 2.45) is 5.92 Å². The predicted molar refractivity (Wildman–Crippen MR) is 68.0 cm³/mol. The van der Waals surface area contributed by atoms with Gasteiger partial charge in [-0.05, 0) is 44.8 Å². The minimum absolute atomic E-state index is 0.00870. The zero-order valence-corrected chi connectivity index (χ0v) is 10.4. The summed E-state index contributed by atoms with van der Waals surface area (Å²) in [5.41, 5.74) is 0. The molecule has 17 heavy (non-hydrogen) atoms. The minimum Gasteiger partial charge on any atom is -0.338 e. The number of amides is 2. The number of carbonyl (C=O) groups excluding carboxylic acids is 1. The van der Waals surface area contributed by atoms with Crippen molar-refractivity contribution >= 4 is 6.03 Å². The van der Waals surface area contributed by atoms with Crippen LogP contribution in [0.4, 0.5) is 4.79 Å². The van der Waals surface area contributed by atoms with Gasteiger partial charge in [0.25, 0.3) is 0 Å². The summed E-state index contributed by atoms with van der Waals surface area (Å²) in [5, 5.41) is 12.7. The maximum absolute atomic E-state index is 11.7. The average Bonchev–Trinajstić information content (AvgIpc) is 2.72. The van der Waals surface area contributed by atoms with Gasteiger partial charge in [0.05, 0.1) is 0 Å². The van der Waals surface area contributed by atoms with E-state index in [1.54, 1.807) is 0 Å². The first-order valence-corrected chi connectivity index (χ1v) is 6.80. The summed E-state index contributed by atoms with van der Waals surface area (Å²) < 4.78 is 0. The van der Waals surface area contributed by atoms with Gasteiger partial charge >= 0.3 is 6.03 Å². The van der Waals surface area contributed by atoms with Crippen molar-refractivity contribution in [2.45, 2.75) is 31.7 Å². The molecule has 98 valence electrons. The lowest BCUT2D eigenvalue weighted by atomic mass is 10.1. The van der Waals surface area contributed by atoms with Gasteiger partial charge in [0.1, 0.15) is 0 Å². The second kappa shape index (κ2) is 6.81. The highest BCUT2D eigenvalue weighted by Gasteiger charge is 2.17. The molecule has 0 radical (unpaired) electrons. The van der Waals surface area contributed by atoms with Gasteiger partial charge in [-0.3, -0.25) is 0 Å². The standard InChI is InChI=1S/C12H24N4O/c17-12(15-8-10-4-6-14-7-10)16-11-3-1-2-5-13-9-11/h10-11,13-14H,1-9H2,(H2,15,16,17). The summed E-state index contributed by atoms with van der Waals surface area (Å²) >= 11 is 0. The molecule has 2 unspecified atom stereocenters. The molecule has 5 heteroatoms. The second-order valence-electron chi connectivity index (χ2n) is 5.11. The molecule has 0 aliphatic carbocycles. The Kier molecular flexibility index (Phi) is 5.07. The molecule has 0 aromatic carbocycles. The molecule has 0 saturated carbocycles. The van der Waals surface area contributed by atoms with Crippen molar-refractivity contribution in [2.75, 3.05) is 32.7 Å². The van der Waals surface area contributed by atoms with Crippen LogP contribution in [0.5, 0.6) is 0 Å². The third-order valence-electron chi connectivity index (χ3n) is 3.60. The largest absolute Gasteiger partial charge is 0.338 e. The smallest absolute Gasteiger partial charge is 0.315 e. The van der Waals surface area contributed by atoms with Crippen molar-refractivity contribution in [3.8, 4) is 0 Å². The van der Waals surface area contributed by atoms with E-state index >= 15 is 0 Å². The Balaban J connectivity index is 1.61. The van der Waals surface area contributed by atoms with Gasteiger partial charge in [0.2, 0.25) is 0 Å². The molecule has 0 aromatic heterocycles. The number of urea groups is 1. The van der Waals surface area contributed by atoms with Crippen LogP contribution in [0.3, 0.4) is 0 Å². The zero-order valence-electron chi connectivity index (χ0n) is 10.4. The Bertz CT molecular complexity index is 233. The molecule has 2 heterocycles. The van der Waals surface area contributed by atoms with E-state index in [1.165, 1.54) is 19.3 Å². The van der Waals surface area contributed by atoms with Gasteiger partial charge in [0.15, 0.2) is 0 Å². The summed E-state index contributed by atoms with van der Waals surface area (Å²) in [4.78, 5) is 11.7. The van der Waals surface area contributed by atoms with Crippen molar-refractivity contribution in [1.29, 1.82) is 0 Å². The predicted octanol–water partition coefficient (Wildman–Crippen LogP) is 0.0372. The highest BCUT2D eigenvalue weighted by Crippen LogP contribution is 2.06. The number of carbonyl (C=O) groups is 1. The Hall–Kier alpha value is -0.810. The zero-order chi connectivity index (χ0) is 11.9. The topological polar surface area (TPSA) is 65.2 Å². The van der Waals surface area contributed by atoms with Gasteiger partial charge in [0, 0.05) is 19.1 Å². The lowest BCUT2D eigenvalue weighted by Gasteiger charge is -2.18. The van der Waals surface area contributed by atoms with Crippen molar-refractivity contribution in [3.63, 3.8) is 0 Å².